The van der Waals surface area contributed by atoms with Crippen LogP contribution in [0.4, 0.5) is 5.69 Å². The highest BCUT2D eigenvalue weighted by molar-refractivity contribution is 6.35. The molecule has 0 heterocycles. The molecule has 1 rings (SSSR count). The Morgan fingerprint density at radius 3 is 2.36 bits per heavy atom. The maximum Gasteiger partial charge on any atom is 0.131 e. The van der Waals surface area contributed by atoms with Crippen LogP contribution in [0.2, 0.25) is 10.0 Å². The fourth-order valence-corrected chi connectivity index (χ4v) is 1.56. The number of halogens is 2. The average Bonchev–Trinajstić information content (AvgIpc) is 2.01. The molecule has 76 valence electrons. The van der Waals surface area contributed by atoms with Crippen LogP contribution in [0.25, 0.3) is 0 Å². The highest BCUT2D eigenvalue weighted by Crippen LogP contribution is 2.22. The van der Waals surface area contributed by atoms with E-state index in [0.717, 1.165) is 5.69 Å². The van der Waals surface area contributed by atoms with Gasteiger partial charge in [0.15, 0.2) is 0 Å². The lowest BCUT2D eigenvalue weighted by atomic mass is 10.3. The molecule has 0 aliphatic rings. The van der Waals surface area contributed by atoms with Crippen molar-refractivity contribution in [3.63, 3.8) is 0 Å². The van der Waals surface area contributed by atoms with E-state index in [1.807, 2.05) is 0 Å². The Balaban J connectivity index is 2.54. The predicted octanol–water partition coefficient (Wildman–Crippen LogP) is 3.38. The Bertz CT molecular complexity index is 319. The van der Waals surface area contributed by atoms with Crippen molar-refractivity contribution in [1.82, 2.24) is 0 Å². The van der Waals surface area contributed by atoms with Crippen LogP contribution in [0, 0.1) is 0 Å². The van der Waals surface area contributed by atoms with Gasteiger partial charge in [-0.1, -0.05) is 23.2 Å². The third kappa shape index (κ3) is 3.99. The van der Waals surface area contributed by atoms with Crippen LogP contribution in [0.3, 0.4) is 0 Å². The summed E-state index contributed by atoms with van der Waals surface area (Å²) in [5.74, 6) is 0.158. The number of rotatable bonds is 4. The van der Waals surface area contributed by atoms with Crippen LogP contribution in [-0.4, -0.2) is 12.3 Å². The summed E-state index contributed by atoms with van der Waals surface area (Å²) in [5, 5.41) is 4.24. The fraction of sp³-hybridized carbons (Fsp3) is 0.300. The van der Waals surface area contributed by atoms with E-state index in [1.54, 1.807) is 25.1 Å². The van der Waals surface area contributed by atoms with Gasteiger partial charge in [-0.05, 0) is 25.1 Å². The van der Waals surface area contributed by atoms with Gasteiger partial charge < -0.3 is 5.32 Å². The zero-order chi connectivity index (χ0) is 10.6. The highest BCUT2D eigenvalue weighted by atomic mass is 35.5. The Kier molecular flexibility index (Phi) is 4.23. The van der Waals surface area contributed by atoms with Crippen LogP contribution in [0.15, 0.2) is 18.2 Å². The molecule has 1 N–H and O–H groups in total. The SMILES string of the molecule is CC(=O)CCNc1cc(Cl)cc(Cl)c1. The van der Waals surface area contributed by atoms with E-state index in [9.17, 15) is 4.79 Å². The van der Waals surface area contributed by atoms with Crippen LogP contribution in [0.5, 0.6) is 0 Å². The molecular formula is C10H11Cl2NO. The molecule has 0 aromatic heterocycles. The van der Waals surface area contributed by atoms with E-state index in [0.29, 0.717) is 23.0 Å². The van der Waals surface area contributed by atoms with Crippen molar-refractivity contribution in [3.8, 4) is 0 Å². The van der Waals surface area contributed by atoms with Gasteiger partial charge in [-0.15, -0.1) is 0 Å². The lowest BCUT2D eigenvalue weighted by Gasteiger charge is -2.05. The van der Waals surface area contributed by atoms with Gasteiger partial charge >= 0.3 is 0 Å². The molecule has 0 atom stereocenters. The molecule has 4 heteroatoms. The molecule has 0 saturated carbocycles. The molecule has 0 radical (unpaired) electrons. The molecule has 1 aromatic rings. The third-order valence-corrected chi connectivity index (χ3v) is 2.11. The number of hydrogen-bond acceptors (Lipinski definition) is 2. The quantitative estimate of drug-likeness (QED) is 0.861. The standard InChI is InChI=1S/C10H11Cl2NO/c1-7(14)2-3-13-10-5-8(11)4-9(12)6-10/h4-6,13H,2-3H2,1H3. The van der Waals surface area contributed by atoms with E-state index in [1.165, 1.54) is 0 Å². The van der Waals surface area contributed by atoms with E-state index in [4.69, 9.17) is 23.2 Å². The van der Waals surface area contributed by atoms with Gasteiger partial charge in [0, 0.05) is 28.7 Å². The Morgan fingerprint density at radius 2 is 1.86 bits per heavy atom. The van der Waals surface area contributed by atoms with Crippen molar-refractivity contribution in [2.45, 2.75) is 13.3 Å². The van der Waals surface area contributed by atoms with Crippen LogP contribution >= 0.6 is 23.2 Å². The normalized spacial score (nSPS) is 9.93. The van der Waals surface area contributed by atoms with Gasteiger partial charge in [-0.2, -0.15) is 0 Å². The van der Waals surface area contributed by atoms with Crippen molar-refractivity contribution >= 4 is 34.7 Å². The molecule has 0 bridgehead atoms. The average molecular weight is 232 g/mol. The molecule has 14 heavy (non-hydrogen) atoms. The van der Waals surface area contributed by atoms with E-state index < -0.39 is 0 Å². The summed E-state index contributed by atoms with van der Waals surface area (Å²) in [7, 11) is 0. The lowest BCUT2D eigenvalue weighted by molar-refractivity contribution is -0.116. The fourth-order valence-electron chi connectivity index (χ4n) is 1.04. The number of hydrogen-bond donors (Lipinski definition) is 1. The molecule has 0 fully saturated rings. The smallest absolute Gasteiger partial charge is 0.131 e. The Labute approximate surface area is 93.2 Å². The minimum atomic E-state index is 0.158. The van der Waals surface area contributed by atoms with Crippen molar-refractivity contribution in [1.29, 1.82) is 0 Å². The molecule has 0 unspecified atom stereocenters. The maximum atomic E-state index is 10.7. The summed E-state index contributed by atoms with van der Waals surface area (Å²) in [5.41, 5.74) is 0.837. The number of Topliss-reactive ketones (excluding diaryl/α,β-unsaturated/α-hetero) is 1. The summed E-state index contributed by atoms with van der Waals surface area (Å²) in [6.07, 6.45) is 0.504. The summed E-state index contributed by atoms with van der Waals surface area (Å²) in [4.78, 5) is 10.7. The lowest BCUT2D eigenvalue weighted by Crippen LogP contribution is -2.05. The summed E-state index contributed by atoms with van der Waals surface area (Å²) in [6.45, 7) is 2.17. The summed E-state index contributed by atoms with van der Waals surface area (Å²) >= 11 is 11.6. The molecule has 0 aliphatic carbocycles. The number of carbonyl (C=O) groups excluding carboxylic acids is 1. The van der Waals surface area contributed by atoms with Crippen molar-refractivity contribution in [2.75, 3.05) is 11.9 Å². The first-order chi connectivity index (χ1) is 6.58. The second-order valence-electron chi connectivity index (χ2n) is 3.04. The molecule has 2 nitrogen and oxygen atoms in total. The van der Waals surface area contributed by atoms with Crippen molar-refractivity contribution < 1.29 is 4.79 Å². The van der Waals surface area contributed by atoms with Gasteiger partial charge in [-0.25, -0.2) is 0 Å². The first-order valence-electron chi connectivity index (χ1n) is 4.27. The number of carbonyl (C=O) groups is 1. The first-order valence-corrected chi connectivity index (χ1v) is 5.03. The zero-order valence-corrected chi connectivity index (χ0v) is 9.32. The minimum Gasteiger partial charge on any atom is -0.385 e. The van der Waals surface area contributed by atoms with Gasteiger partial charge in [0.2, 0.25) is 0 Å². The molecule has 0 saturated heterocycles. The van der Waals surface area contributed by atoms with E-state index in [-0.39, 0.29) is 5.78 Å². The van der Waals surface area contributed by atoms with Crippen LogP contribution in [0.1, 0.15) is 13.3 Å². The molecule has 0 amide bonds. The van der Waals surface area contributed by atoms with Crippen LogP contribution in [-0.2, 0) is 4.79 Å². The monoisotopic (exact) mass is 231 g/mol. The minimum absolute atomic E-state index is 0.158. The zero-order valence-electron chi connectivity index (χ0n) is 7.81. The van der Waals surface area contributed by atoms with Gasteiger partial charge in [0.25, 0.3) is 0 Å². The van der Waals surface area contributed by atoms with Crippen molar-refractivity contribution in [2.24, 2.45) is 0 Å². The summed E-state index contributed by atoms with van der Waals surface area (Å²) in [6, 6.07) is 5.21. The number of nitrogens with one attached hydrogen (secondary N) is 1. The Hall–Kier alpha value is -0.730. The number of anilines is 1. The van der Waals surface area contributed by atoms with E-state index >= 15 is 0 Å². The summed E-state index contributed by atoms with van der Waals surface area (Å²) < 4.78 is 0. The highest BCUT2D eigenvalue weighted by Gasteiger charge is 1.98. The predicted molar refractivity (Wildman–Crippen MR) is 60.2 cm³/mol. The molecular weight excluding hydrogens is 221 g/mol. The van der Waals surface area contributed by atoms with Crippen LogP contribution < -0.4 is 5.32 Å². The van der Waals surface area contributed by atoms with Gasteiger partial charge in [-0.3, -0.25) is 4.79 Å². The van der Waals surface area contributed by atoms with Crippen molar-refractivity contribution in [3.05, 3.63) is 28.2 Å². The third-order valence-electron chi connectivity index (χ3n) is 1.67. The second kappa shape index (κ2) is 5.23. The first kappa shape index (κ1) is 11.3. The van der Waals surface area contributed by atoms with Gasteiger partial charge in [0.1, 0.15) is 5.78 Å². The number of ketones is 1. The number of benzene rings is 1. The maximum absolute atomic E-state index is 10.7. The van der Waals surface area contributed by atoms with E-state index in [2.05, 4.69) is 5.32 Å². The molecule has 0 aliphatic heterocycles. The molecule has 0 spiro atoms. The topological polar surface area (TPSA) is 29.1 Å². The van der Waals surface area contributed by atoms with Gasteiger partial charge in [0.05, 0.1) is 0 Å². The second-order valence-corrected chi connectivity index (χ2v) is 3.91. The Morgan fingerprint density at radius 1 is 1.29 bits per heavy atom. The largest absolute Gasteiger partial charge is 0.385 e. The molecule has 1 aromatic carbocycles.